The van der Waals surface area contributed by atoms with Gasteiger partial charge < -0.3 is 10.1 Å². The molecule has 1 amide bonds. The molecule has 0 radical (unpaired) electrons. The van der Waals surface area contributed by atoms with Gasteiger partial charge in [0.05, 0.1) is 5.02 Å². The van der Waals surface area contributed by atoms with Crippen LogP contribution in [0.2, 0.25) is 10.0 Å². The zero-order valence-corrected chi connectivity index (χ0v) is 15.6. The summed E-state index contributed by atoms with van der Waals surface area (Å²) in [6.45, 7) is 0. The number of anilines is 1. The summed E-state index contributed by atoms with van der Waals surface area (Å²) in [6, 6.07) is 11.7. The van der Waals surface area contributed by atoms with E-state index in [0.29, 0.717) is 16.6 Å². The number of carbonyl (C=O) groups excluding carboxylic acids is 1. The Morgan fingerprint density at radius 2 is 1.86 bits per heavy atom. The number of pyridine rings is 2. The summed E-state index contributed by atoms with van der Waals surface area (Å²) in [6.07, 6.45) is 4.91. The van der Waals surface area contributed by atoms with Gasteiger partial charge in [0.25, 0.3) is 5.91 Å². The molecular formula is C19H11Cl2N5O2. The van der Waals surface area contributed by atoms with Gasteiger partial charge in [-0.3, -0.25) is 9.78 Å². The fraction of sp³-hybridized carbons (Fsp3) is 0. The third-order valence-electron chi connectivity index (χ3n) is 3.80. The molecule has 0 bridgehead atoms. The van der Waals surface area contributed by atoms with Crippen LogP contribution in [0.5, 0.6) is 11.6 Å². The first kappa shape index (κ1) is 18.1. The van der Waals surface area contributed by atoms with Gasteiger partial charge >= 0.3 is 0 Å². The maximum Gasteiger partial charge on any atom is 0.277 e. The topological polar surface area (TPSA) is 89.9 Å². The summed E-state index contributed by atoms with van der Waals surface area (Å²) >= 11 is 12.0. The predicted octanol–water partition coefficient (Wildman–Crippen LogP) is 4.77. The number of fused-ring (bicyclic) bond motifs is 1. The molecule has 4 rings (SSSR count). The van der Waals surface area contributed by atoms with Crippen molar-refractivity contribution in [3.8, 4) is 11.6 Å². The fourth-order valence-corrected chi connectivity index (χ4v) is 2.78. The highest BCUT2D eigenvalue weighted by Crippen LogP contribution is 2.33. The number of halogens is 2. The lowest BCUT2D eigenvalue weighted by molar-refractivity contribution is 0.102. The maximum absolute atomic E-state index is 12.5. The molecule has 9 heteroatoms. The first-order valence-corrected chi connectivity index (χ1v) is 8.83. The summed E-state index contributed by atoms with van der Waals surface area (Å²) in [4.78, 5) is 20.7. The molecule has 28 heavy (non-hydrogen) atoms. The third kappa shape index (κ3) is 3.71. The third-order valence-corrected chi connectivity index (χ3v) is 4.60. The number of carbonyl (C=O) groups is 1. The first-order valence-electron chi connectivity index (χ1n) is 8.07. The molecule has 0 spiro atoms. The van der Waals surface area contributed by atoms with Crippen molar-refractivity contribution in [2.45, 2.75) is 0 Å². The molecule has 0 aliphatic rings. The van der Waals surface area contributed by atoms with Gasteiger partial charge in [-0.25, -0.2) is 4.98 Å². The Kier molecular flexibility index (Phi) is 5.01. The van der Waals surface area contributed by atoms with Crippen LogP contribution in [0.3, 0.4) is 0 Å². The van der Waals surface area contributed by atoms with Gasteiger partial charge in [0.2, 0.25) is 5.88 Å². The molecule has 3 aromatic heterocycles. The molecule has 0 saturated heterocycles. The van der Waals surface area contributed by atoms with E-state index >= 15 is 0 Å². The van der Waals surface area contributed by atoms with Crippen molar-refractivity contribution in [2.24, 2.45) is 0 Å². The molecule has 0 atom stereocenters. The quantitative estimate of drug-likeness (QED) is 0.519. The van der Waals surface area contributed by atoms with Crippen molar-refractivity contribution in [1.29, 1.82) is 0 Å². The van der Waals surface area contributed by atoms with E-state index in [1.54, 1.807) is 36.8 Å². The van der Waals surface area contributed by atoms with E-state index in [1.165, 1.54) is 12.1 Å². The number of ether oxygens (including phenoxy) is 1. The molecule has 1 N–H and O–H groups in total. The summed E-state index contributed by atoms with van der Waals surface area (Å²) in [5, 5.41) is 12.8. The standard InChI is InChI=1S/C19H11Cl2N5O2/c20-13-2-1-3-15(17(13)21)28-16-5-4-14(25-26-16)19(27)24-18-12-10-22-8-6-11(12)7-9-23-18/h1-10H,(H,23,24,27). The van der Waals surface area contributed by atoms with Crippen LogP contribution < -0.4 is 10.1 Å². The number of nitrogens with one attached hydrogen (secondary N) is 1. The molecule has 0 unspecified atom stereocenters. The lowest BCUT2D eigenvalue weighted by Gasteiger charge is -2.08. The average molecular weight is 412 g/mol. The molecule has 0 aliphatic carbocycles. The molecule has 7 nitrogen and oxygen atoms in total. The Morgan fingerprint density at radius 1 is 1.00 bits per heavy atom. The zero-order valence-electron chi connectivity index (χ0n) is 14.1. The summed E-state index contributed by atoms with van der Waals surface area (Å²) < 4.78 is 5.56. The maximum atomic E-state index is 12.5. The van der Waals surface area contributed by atoms with Crippen molar-refractivity contribution < 1.29 is 9.53 Å². The van der Waals surface area contributed by atoms with Gasteiger partial charge in [0, 0.05) is 30.0 Å². The van der Waals surface area contributed by atoms with Crippen molar-refractivity contribution in [3.05, 3.63) is 76.8 Å². The number of benzene rings is 1. The second-order valence-electron chi connectivity index (χ2n) is 5.62. The number of hydrogen-bond acceptors (Lipinski definition) is 6. The number of aromatic nitrogens is 4. The SMILES string of the molecule is O=C(Nc1nccc2ccncc12)c1ccc(Oc2cccc(Cl)c2Cl)nn1. The highest BCUT2D eigenvalue weighted by atomic mass is 35.5. The van der Waals surface area contributed by atoms with Crippen molar-refractivity contribution in [3.63, 3.8) is 0 Å². The van der Waals surface area contributed by atoms with Crippen molar-refractivity contribution in [1.82, 2.24) is 20.2 Å². The van der Waals surface area contributed by atoms with E-state index in [-0.39, 0.29) is 16.6 Å². The van der Waals surface area contributed by atoms with Crippen LogP contribution in [0.25, 0.3) is 10.8 Å². The molecular weight excluding hydrogens is 401 g/mol. The minimum absolute atomic E-state index is 0.104. The summed E-state index contributed by atoms with van der Waals surface area (Å²) in [5.41, 5.74) is 0.104. The Morgan fingerprint density at radius 3 is 2.68 bits per heavy atom. The van der Waals surface area contributed by atoms with E-state index < -0.39 is 5.91 Å². The van der Waals surface area contributed by atoms with Crippen LogP contribution in [0.4, 0.5) is 5.82 Å². The van der Waals surface area contributed by atoms with Gasteiger partial charge in [-0.2, -0.15) is 0 Å². The first-order chi connectivity index (χ1) is 13.6. The van der Waals surface area contributed by atoms with Crippen molar-refractivity contribution in [2.75, 3.05) is 5.32 Å². The van der Waals surface area contributed by atoms with Crippen LogP contribution in [-0.4, -0.2) is 26.1 Å². The number of hydrogen-bond donors (Lipinski definition) is 1. The average Bonchev–Trinajstić information content (AvgIpc) is 2.72. The second-order valence-corrected chi connectivity index (χ2v) is 6.41. The largest absolute Gasteiger partial charge is 0.436 e. The molecule has 0 aliphatic heterocycles. The molecule has 3 heterocycles. The number of amides is 1. The predicted molar refractivity (Wildman–Crippen MR) is 106 cm³/mol. The summed E-state index contributed by atoms with van der Waals surface area (Å²) in [7, 11) is 0. The van der Waals surface area contributed by atoms with E-state index in [2.05, 4.69) is 25.5 Å². The van der Waals surface area contributed by atoms with E-state index in [1.807, 2.05) is 12.1 Å². The Labute approximate surface area is 169 Å². The van der Waals surface area contributed by atoms with Crippen molar-refractivity contribution >= 4 is 45.7 Å². The minimum atomic E-state index is -0.455. The van der Waals surface area contributed by atoms with Crippen LogP contribution in [0, 0.1) is 0 Å². The minimum Gasteiger partial charge on any atom is -0.436 e. The number of rotatable bonds is 4. The molecule has 138 valence electrons. The van der Waals surface area contributed by atoms with E-state index in [0.717, 1.165) is 10.8 Å². The normalized spacial score (nSPS) is 10.6. The monoisotopic (exact) mass is 411 g/mol. The Balaban J connectivity index is 1.52. The molecule has 4 aromatic rings. The Hall–Kier alpha value is -3.29. The lowest BCUT2D eigenvalue weighted by Crippen LogP contribution is -2.15. The molecule has 1 aromatic carbocycles. The highest BCUT2D eigenvalue weighted by Gasteiger charge is 2.13. The second kappa shape index (κ2) is 7.75. The van der Waals surface area contributed by atoms with Crippen LogP contribution in [0.15, 0.2) is 61.1 Å². The van der Waals surface area contributed by atoms with E-state index in [4.69, 9.17) is 27.9 Å². The van der Waals surface area contributed by atoms with Gasteiger partial charge in [-0.1, -0.05) is 29.3 Å². The van der Waals surface area contributed by atoms with Crippen LogP contribution in [0.1, 0.15) is 10.5 Å². The van der Waals surface area contributed by atoms with Gasteiger partial charge in [0.15, 0.2) is 5.69 Å². The molecule has 0 saturated carbocycles. The highest BCUT2D eigenvalue weighted by molar-refractivity contribution is 6.42. The zero-order chi connectivity index (χ0) is 19.5. The molecule has 0 fully saturated rings. The van der Waals surface area contributed by atoms with Gasteiger partial charge in [-0.15, -0.1) is 10.2 Å². The van der Waals surface area contributed by atoms with Crippen LogP contribution in [-0.2, 0) is 0 Å². The van der Waals surface area contributed by atoms with Gasteiger partial charge in [0.1, 0.15) is 16.6 Å². The summed E-state index contributed by atoms with van der Waals surface area (Å²) in [5.74, 6) is 0.452. The lowest BCUT2D eigenvalue weighted by atomic mass is 10.2. The smallest absolute Gasteiger partial charge is 0.277 e. The number of nitrogens with zero attached hydrogens (tertiary/aromatic N) is 4. The van der Waals surface area contributed by atoms with Crippen LogP contribution >= 0.6 is 23.2 Å². The fourth-order valence-electron chi connectivity index (χ4n) is 2.45. The Bertz CT molecular complexity index is 1160. The van der Waals surface area contributed by atoms with Gasteiger partial charge in [-0.05, 0) is 35.7 Å². The van der Waals surface area contributed by atoms with E-state index in [9.17, 15) is 4.79 Å².